The maximum Gasteiger partial charge on any atom is 0.0702 e. The highest BCUT2D eigenvalue weighted by Gasteiger charge is 2.45. The first-order valence-corrected chi connectivity index (χ1v) is 12.0. The molecule has 37 heavy (non-hydrogen) atoms. The third-order valence-corrected chi connectivity index (χ3v) is 6.78. The number of rotatable bonds is 9. The summed E-state index contributed by atoms with van der Waals surface area (Å²) in [5.74, 6) is 0. The molecule has 0 N–H and O–H groups in total. The van der Waals surface area contributed by atoms with Gasteiger partial charge in [0.2, 0.25) is 0 Å². The summed E-state index contributed by atoms with van der Waals surface area (Å²) in [7, 11) is 42.6. The molecule has 1 heterocycles. The van der Waals surface area contributed by atoms with Crippen molar-refractivity contribution in [3.63, 3.8) is 0 Å². The molecule has 13 heteroatoms. The molecule has 0 amide bonds. The summed E-state index contributed by atoms with van der Waals surface area (Å²) in [6.07, 6.45) is 0.694. The second-order valence-corrected chi connectivity index (χ2v) is 9.07. The second kappa shape index (κ2) is 11.8. The fourth-order valence-electron chi connectivity index (χ4n) is 4.77. The molecule has 3 aromatic carbocycles. The molecule has 0 unspecified atom stereocenters. The predicted octanol–water partition coefficient (Wildman–Crippen LogP) is 1.79. The Balaban J connectivity index is 1.68. The van der Waals surface area contributed by atoms with Gasteiger partial charge in [0.05, 0.1) is 5.69 Å². The van der Waals surface area contributed by atoms with Gasteiger partial charge in [0.25, 0.3) is 0 Å². The van der Waals surface area contributed by atoms with Crippen LogP contribution in [0.5, 0.6) is 0 Å². The van der Waals surface area contributed by atoms with Gasteiger partial charge in [-0.3, -0.25) is 4.98 Å². The highest BCUT2D eigenvalue weighted by molar-refractivity contribution is 7.71. The third-order valence-electron chi connectivity index (χ3n) is 6.78. The van der Waals surface area contributed by atoms with Crippen LogP contribution in [-0.4, -0.2) is 85.0 Å². The van der Waals surface area contributed by atoms with Gasteiger partial charge >= 0.3 is 0 Å². The maximum absolute atomic E-state index is 6.32. The highest BCUT2D eigenvalue weighted by Crippen LogP contribution is 2.35. The zero-order valence-corrected chi connectivity index (χ0v) is 20.6. The Hall–Kier alpha value is -2.68. The molecule has 0 saturated carbocycles. The molecule has 0 spiro atoms. The average molecular weight is 452 g/mol. The molecule has 1 aromatic heterocycles. The smallest absolute Gasteiger partial charge is 0.0702 e. The van der Waals surface area contributed by atoms with E-state index in [1.165, 1.54) is 0 Å². The summed E-state index contributed by atoms with van der Waals surface area (Å²) in [5.41, 5.74) is 5.39. The summed E-state index contributed by atoms with van der Waals surface area (Å²) in [5, 5.41) is -1.27. The molecular weight excluding hydrogens is 435 g/mol. The lowest BCUT2D eigenvalue weighted by Crippen LogP contribution is -2.71. The van der Waals surface area contributed by atoms with Crippen LogP contribution in [0.4, 0.5) is 17.1 Å². The van der Waals surface area contributed by atoms with E-state index in [1.807, 2.05) is 60.7 Å². The monoisotopic (exact) mass is 454 g/mol. The van der Waals surface area contributed by atoms with Crippen molar-refractivity contribution in [1.29, 1.82) is 0 Å². The van der Waals surface area contributed by atoms with Gasteiger partial charge in [-0.15, -0.1) is 5.11 Å². The van der Waals surface area contributed by atoms with Crippen molar-refractivity contribution < 1.29 is 0 Å². The molecule has 14 radical (unpaired) electrons. The van der Waals surface area contributed by atoms with E-state index in [-0.39, 0.29) is 0 Å². The minimum Gasteiger partial charge on any atom is -0.311 e. The molecule has 0 aliphatic rings. The Kier molecular flexibility index (Phi) is 8.73. The number of nitrogens with zero attached hydrogens (tertiary/aromatic N) is 2. The van der Waals surface area contributed by atoms with Crippen LogP contribution in [0.3, 0.4) is 0 Å². The van der Waals surface area contributed by atoms with Gasteiger partial charge in [-0.2, -0.15) is 0 Å². The van der Waals surface area contributed by atoms with E-state index >= 15 is 0 Å². The fraction of sp³-hybridized carbons (Fsp3) is 0.0417. The van der Waals surface area contributed by atoms with E-state index in [0.29, 0.717) is 5.56 Å². The lowest BCUT2D eigenvalue weighted by molar-refractivity contribution is 1.14. The lowest BCUT2D eigenvalue weighted by Gasteiger charge is -2.48. The number of benzene rings is 3. The molecule has 0 bridgehead atoms. The average Bonchev–Trinajstić information content (AvgIpc) is 2.91. The van der Waals surface area contributed by atoms with Gasteiger partial charge < -0.3 is 4.90 Å². The van der Waals surface area contributed by atoms with Crippen molar-refractivity contribution in [2.24, 2.45) is 0 Å². The molecule has 156 valence electrons. The van der Waals surface area contributed by atoms with Gasteiger partial charge in [0.15, 0.2) is 0 Å². The largest absolute Gasteiger partial charge is 0.311 e. The molecule has 0 aliphatic heterocycles. The van der Waals surface area contributed by atoms with Crippen LogP contribution in [0.25, 0.3) is 11.3 Å². The van der Waals surface area contributed by atoms with Crippen molar-refractivity contribution in [2.75, 3.05) is 4.90 Å². The minimum atomic E-state index is -1.27. The molecule has 0 atom stereocenters. The van der Waals surface area contributed by atoms with E-state index < -0.39 is 31.0 Å². The molecule has 0 saturated heterocycles. The minimum absolute atomic E-state index is 0.575. The molecular formula is C24H17B11N2. The first kappa shape index (κ1) is 27.4. The molecule has 4 rings (SSSR count). The van der Waals surface area contributed by atoms with E-state index in [9.17, 15) is 0 Å². The van der Waals surface area contributed by atoms with Crippen LogP contribution in [0.2, 0.25) is 0 Å². The summed E-state index contributed by atoms with van der Waals surface area (Å²) in [4.78, 5) is 6.83. The zero-order chi connectivity index (χ0) is 26.6. The summed E-state index contributed by atoms with van der Waals surface area (Å²) in [6, 6.07) is 32.2. The van der Waals surface area contributed by atoms with Gasteiger partial charge in [-0.25, -0.2) is 0 Å². The van der Waals surface area contributed by atoms with Crippen LogP contribution in [0.1, 0.15) is 5.56 Å². The number of para-hydroxylation sites is 2. The Bertz CT molecular complexity index is 1220. The zero-order valence-electron chi connectivity index (χ0n) is 20.6. The van der Waals surface area contributed by atoms with Gasteiger partial charge in [0.1, 0.15) is 0 Å². The van der Waals surface area contributed by atoms with Crippen LogP contribution < -0.4 is 4.90 Å². The summed E-state index contributed by atoms with van der Waals surface area (Å²) in [6.45, 7) is -2.90. The van der Waals surface area contributed by atoms with E-state index in [2.05, 4.69) is 46.3 Å². The van der Waals surface area contributed by atoms with Crippen molar-refractivity contribution in [1.82, 2.24) is 4.98 Å². The van der Waals surface area contributed by atoms with Gasteiger partial charge in [-0.1, -0.05) is 54.6 Å². The number of aromatic nitrogens is 1. The number of anilines is 3. The van der Waals surface area contributed by atoms with E-state index in [4.69, 9.17) is 54.2 Å². The molecule has 4 aromatic rings. The lowest BCUT2D eigenvalue weighted by atomic mass is 8.70. The SMILES string of the molecule is [B]B([B])B([B])C(B([B])[B])(B([B])[B])c1ccc(-c2ccc(N(c3ccccc3)c3ccccc3)cc2)nc1. The fourth-order valence-corrected chi connectivity index (χ4v) is 4.77. The number of hydrogen-bond acceptors (Lipinski definition) is 2. The Morgan fingerprint density at radius 2 is 1.05 bits per heavy atom. The first-order chi connectivity index (χ1) is 17.8. The number of hydrogen-bond donors (Lipinski definition) is 0. The van der Waals surface area contributed by atoms with Crippen LogP contribution in [0, 0.1) is 0 Å². The first-order valence-electron chi connectivity index (χ1n) is 12.0. The molecule has 2 nitrogen and oxygen atoms in total. The van der Waals surface area contributed by atoms with E-state index in [0.717, 1.165) is 28.3 Å². The Labute approximate surface area is 231 Å². The maximum atomic E-state index is 6.32. The number of pyridine rings is 1. The standard InChI is InChI=1S/C24H17B11N2/c25-32(26)24(33(27)28,34(29)35(30)31)19-13-16-23(36-17-19)18-11-14-22(15-12-18)37(20-7-3-1-4-8-20)21-9-5-2-6-10-21/h1-17H. The predicted molar refractivity (Wildman–Crippen MR) is 169 cm³/mol. The quantitative estimate of drug-likeness (QED) is 0.360. The highest BCUT2D eigenvalue weighted by atomic mass is 15.1. The van der Waals surface area contributed by atoms with Crippen molar-refractivity contribution in [3.8, 4) is 11.3 Å². The van der Waals surface area contributed by atoms with E-state index in [1.54, 1.807) is 6.20 Å². The molecule has 0 fully saturated rings. The third kappa shape index (κ3) is 5.47. The van der Waals surface area contributed by atoms with Gasteiger partial charge in [0, 0.05) is 109 Å². The van der Waals surface area contributed by atoms with Crippen molar-refractivity contribution >= 4 is 97.1 Å². The normalized spacial score (nSPS) is 10.9. The van der Waals surface area contributed by atoms with Crippen molar-refractivity contribution in [3.05, 3.63) is 109 Å². The second-order valence-electron chi connectivity index (χ2n) is 9.07. The van der Waals surface area contributed by atoms with Gasteiger partial charge in [-0.05, 0) is 48.0 Å². The van der Waals surface area contributed by atoms with Crippen LogP contribution in [0.15, 0.2) is 103 Å². The molecule has 0 aliphatic carbocycles. The Morgan fingerprint density at radius 1 is 0.568 bits per heavy atom. The van der Waals surface area contributed by atoms with Crippen molar-refractivity contribution in [2.45, 2.75) is 5.11 Å². The summed E-state index contributed by atoms with van der Waals surface area (Å²) < 4.78 is 0. The van der Waals surface area contributed by atoms with Crippen LogP contribution in [-0.2, 0) is 5.11 Å². The van der Waals surface area contributed by atoms with Crippen LogP contribution >= 0.6 is 0 Å². The Morgan fingerprint density at radius 3 is 1.46 bits per heavy atom. The topological polar surface area (TPSA) is 16.1 Å². The summed E-state index contributed by atoms with van der Waals surface area (Å²) >= 11 is 0.